The van der Waals surface area contributed by atoms with E-state index >= 15 is 0 Å². The van der Waals surface area contributed by atoms with Crippen molar-refractivity contribution in [2.24, 2.45) is 5.41 Å². The molecule has 0 radical (unpaired) electrons. The Bertz CT molecular complexity index is 520. The summed E-state index contributed by atoms with van der Waals surface area (Å²) in [6.45, 7) is 10.2. The number of hydrogen-bond acceptors (Lipinski definition) is 2. The van der Waals surface area contributed by atoms with Gasteiger partial charge in [0.15, 0.2) is 0 Å². The number of nitrogens with zero attached hydrogens (tertiary/aromatic N) is 1. The molecule has 1 aliphatic rings. The van der Waals surface area contributed by atoms with Crippen LogP contribution in [-0.4, -0.2) is 23.2 Å². The molecule has 1 aromatic rings. The fraction of sp³-hybridized carbons (Fsp3) is 0.588. The first-order valence-corrected chi connectivity index (χ1v) is 7.36. The van der Waals surface area contributed by atoms with Gasteiger partial charge in [0.2, 0.25) is 0 Å². The third-order valence-electron chi connectivity index (χ3n) is 4.20. The molecule has 1 heterocycles. The molecule has 2 rings (SSSR count). The third kappa shape index (κ3) is 2.67. The predicted octanol–water partition coefficient (Wildman–Crippen LogP) is 3.50. The number of aliphatic carboxylic acids is 1. The molecule has 1 N–H and O–H groups in total. The number of rotatable bonds is 4. The van der Waals surface area contributed by atoms with Crippen molar-refractivity contribution in [1.82, 2.24) is 0 Å². The highest BCUT2D eigenvalue weighted by atomic mass is 16.4. The Morgan fingerprint density at radius 1 is 1.45 bits per heavy atom. The Morgan fingerprint density at radius 3 is 2.65 bits per heavy atom. The van der Waals surface area contributed by atoms with Gasteiger partial charge in [-0.3, -0.25) is 4.79 Å². The van der Waals surface area contributed by atoms with E-state index in [4.69, 9.17) is 0 Å². The van der Waals surface area contributed by atoms with Gasteiger partial charge in [-0.2, -0.15) is 0 Å². The lowest BCUT2D eigenvalue weighted by atomic mass is 9.85. The first-order valence-electron chi connectivity index (χ1n) is 7.36. The van der Waals surface area contributed by atoms with Crippen LogP contribution in [-0.2, 0) is 17.6 Å². The largest absolute Gasteiger partial charge is 0.481 e. The van der Waals surface area contributed by atoms with Crippen LogP contribution < -0.4 is 4.90 Å². The molecule has 0 saturated carbocycles. The van der Waals surface area contributed by atoms with E-state index in [9.17, 15) is 9.90 Å². The lowest BCUT2D eigenvalue weighted by Crippen LogP contribution is -2.35. The molecule has 0 bridgehead atoms. The summed E-state index contributed by atoms with van der Waals surface area (Å²) in [6, 6.07) is 7.42. The van der Waals surface area contributed by atoms with Crippen LogP contribution in [0.15, 0.2) is 18.2 Å². The molecule has 0 saturated heterocycles. The first-order chi connectivity index (χ1) is 9.22. The predicted molar refractivity (Wildman–Crippen MR) is 82.3 cm³/mol. The molecule has 0 amide bonds. The van der Waals surface area contributed by atoms with Crippen molar-refractivity contribution < 1.29 is 9.90 Å². The van der Waals surface area contributed by atoms with Crippen LogP contribution in [0.3, 0.4) is 0 Å². The van der Waals surface area contributed by atoms with Crippen molar-refractivity contribution in [2.45, 2.75) is 59.5 Å². The Morgan fingerprint density at radius 2 is 2.10 bits per heavy atom. The van der Waals surface area contributed by atoms with Gasteiger partial charge in [0.1, 0.15) is 0 Å². The van der Waals surface area contributed by atoms with Crippen LogP contribution >= 0.6 is 0 Å². The highest BCUT2D eigenvalue weighted by Gasteiger charge is 2.30. The van der Waals surface area contributed by atoms with Gasteiger partial charge in [0.25, 0.3) is 0 Å². The third-order valence-corrected chi connectivity index (χ3v) is 4.20. The van der Waals surface area contributed by atoms with Gasteiger partial charge in [0, 0.05) is 17.8 Å². The topological polar surface area (TPSA) is 40.5 Å². The highest BCUT2D eigenvalue weighted by Crippen LogP contribution is 2.35. The fourth-order valence-electron chi connectivity index (χ4n) is 3.16. The van der Waals surface area contributed by atoms with E-state index in [1.807, 2.05) is 0 Å². The Hall–Kier alpha value is -1.51. The first kappa shape index (κ1) is 14.9. The van der Waals surface area contributed by atoms with Crippen LogP contribution in [0.1, 0.15) is 45.7 Å². The Kier molecular flexibility index (Phi) is 3.81. The van der Waals surface area contributed by atoms with Gasteiger partial charge in [-0.1, -0.05) is 12.1 Å². The molecule has 0 fully saturated rings. The maximum Gasteiger partial charge on any atom is 0.309 e. The summed E-state index contributed by atoms with van der Waals surface area (Å²) >= 11 is 0. The average molecular weight is 275 g/mol. The van der Waals surface area contributed by atoms with Gasteiger partial charge in [-0.15, -0.1) is 0 Å². The molecule has 0 spiro atoms. The SMILES string of the molecule is CC(C)N1c2cc(CC(C)(C)C(=O)O)ccc2CC1C. The zero-order valence-electron chi connectivity index (χ0n) is 13.1. The second-order valence-corrected chi connectivity index (χ2v) is 6.88. The van der Waals surface area contributed by atoms with Gasteiger partial charge < -0.3 is 10.0 Å². The van der Waals surface area contributed by atoms with E-state index in [-0.39, 0.29) is 0 Å². The van der Waals surface area contributed by atoms with Crippen molar-refractivity contribution in [3.63, 3.8) is 0 Å². The van der Waals surface area contributed by atoms with E-state index in [2.05, 4.69) is 43.9 Å². The summed E-state index contributed by atoms with van der Waals surface area (Å²) in [5, 5.41) is 9.27. The van der Waals surface area contributed by atoms with Gasteiger partial charge >= 0.3 is 5.97 Å². The Balaban J connectivity index is 2.31. The molecule has 3 nitrogen and oxygen atoms in total. The number of hydrogen-bond donors (Lipinski definition) is 1. The molecule has 1 aliphatic heterocycles. The average Bonchev–Trinajstić information content (AvgIpc) is 2.63. The normalized spacial score (nSPS) is 18.5. The maximum absolute atomic E-state index is 11.3. The number of carboxylic acids is 1. The molecule has 1 atom stereocenters. The summed E-state index contributed by atoms with van der Waals surface area (Å²) in [7, 11) is 0. The van der Waals surface area contributed by atoms with E-state index in [1.165, 1.54) is 11.3 Å². The van der Waals surface area contributed by atoms with Gasteiger partial charge in [-0.05, 0) is 64.7 Å². The van der Waals surface area contributed by atoms with E-state index in [0.29, 0.717) is 18.5 Å². The minimum atomic E-state index is -0.743. The summed E-state index contributed by atoms with van der Waals surface area (Å²) in [4.78, 5) is 13.7. The van der Waals surface area contributed by atoms with Crippen LogP contribution in [0, 0.1) is 5.41 Å². The zero-order chi connectivity index (χ0) is 15.1. The van der Waals surface area contributed by atoms with E-state index in [1.54, 1.807) is 13.8 Å². The molecule has 1 unspecified atom stereocenters. The van der Waals surface area contributed by atoms with Crippen molar-refractivity contribution >= 4 is 11.7 Å². The van der Waals surface area contributed by atoms with Crippen LogP contribution in [0.25, 0.3) is 0 Å². The summed E-state index contributed by atoms with van der Waals surface area (Å²) in [6.07, 6.45) is 1.64. The summed E-state index contributed by atoms with van der Waals surface area (Å²) in [5.41, 5.74) is 3.05. The fourth-order valence-corrected chi connectivity index (χ4v) is 3.16. The molecule has 0 aromatic heterocycles. The Labute approximate surface area is 121 Å². The molecule has 3 heteroatoms. The molecular formula is C17H25NO2. The summed E-state index contributed by atoms with van der Waals surface area (Å²) < 4.78 is 0. The minimum Gasteiger partial charge on any atom is -0.481 e. The molecule has 110 valence electrons. The number of anilines is 1. The minimum absolute atomic E-state index is 0.467. The van der Waals surface area contributed by atoms with Crippen LogP contribution in [0.4, 0.5) is 5.69 Å². The number of fused-ring (bicyclic) bond motifs is 1. The quantitative estimate of drug-likeness (QED) is 0.914. The van der Waals surface area contributed by atoms with Crippen molar-refractivity contribution in [2.75, 3.05) is 4.90 Å². The van der Waals surface area contributed by atoms with Gasteiger partial charge in [-0.25, -0.2) is 0 Å². The van der Waals surface area contributed by atoms with Crippen LogP contribution in [0.5, 0.6) is 0 Å². The standard InChI is InChI=1S/C17H25NO2/c1-11(2)18-12(3)8-14-7-6-13(9-15(14)18)10-17(4,5)16(19)20/h6-7,9,11-12H,8,10H2,1-5H3,(H,19,20). The summed E-state index contributed by atoms with van der Waals surface area (Å²) in [5.74, 6) is -0.743. The molecular weight excluding hydrogens is 250 g/mol. The lowest BCUT2D eigenvalue weighted by molar-refractivity contribution is -0.146. The molecule has 0 aliphatic carbocycles. The van der Waals surface area contributed by atoms with Crippen LogP contribution in [0.2, 0.25) is 0 Å². The molecule has 1 aromatic carbocycles. The number of carbonyl (C=O) groups is 1. The highest BCUT2D eigenvalue weighted by molar-refractivity contribution is 5.74. The smallest absolute Gasteiger partial charge is 0.309 e. The van der Waals surface area contributed by atoms with Crippen molar-refractivity contribution in [3.8, 4) is 0 Å². The van der Waals surface area contributed by atoms with E-state index in [0.717, 1.165) is 12.0 Å². The second kappa shape index (κ2) is 5.12. The van der Waals surface area contributed by atoms with Crippen molar-refractivity contribution in [1.29, 1.82) is 0 Å². The second-order valence-electron chi connectivity index (χ2n) is 6.88. The zero-order valence-corrected chi connectivity index (χ0v) is 13.1. The maximum atomic E-state index is 11.3. The monoisotopic (exact) mass is 275 g/mol. The van der Waals surface area contributed by atoms with Crippen molar-refractivity contribution in [3.05, 3.63) is 29.3 Å². The van der Waals surface area contributed by atoms with Gasteiger partial charge in [0.05, 0.1) is 5.41 Å². The number of carboxylic acid groups (broad SMARTS) is 1. The number of benzene rings is 1. The van der Waals surface area contributed by atoms with E-state index < -0.39 is 11.4 Å². The lowest BCUT2D eigenvalue weighted by Gasteiger charge is -2.29. The molecule has 20 heavy (non-hydrogen) atoms.